The maximum absolute atomic E-state index is 14.3. The molecule has 1 aliphatic heterocycles. The van der Waals surface area contributed by atoms with Gasteiger partial charge in [0, 0.05) is 5.75 Å². The normalized spacial score (nSPS) is 15.4. The summed E-state index contributed by atoms with van der Waals surface area (Å²) in [6.45, 7) is 5.74. The van der Waals surface area contributed by atoms with Crippen molar-refractivity contribution in [3.63, 3.8) is 0 Å². The predicted octanol–water partition coefficient (Wildman–Crippen LogP) is 6.19. The van der Waals surface area contributed by atoms with Crippen LogP contribution in [0, 0.1) is 5.82 Å². The van der Waals surface area contributed by atoms with E-state index in [9.17, 15) is 9.18 Å². The molecule has 0 unspecified atom stereocenters. The molecule has 0 aliphatic carbocycles. The molecule has 0 bridgehead atoms. The van der Waals surface area contributed by atoms with Crippen LogP contribution in [-0.2, 0) is 4.79 Å². The van der Waals surface area contributed by atoms with E-state index in [0.29, 0.717) is 26.5 Å². The maximum atomic E-state index is 14.3. The van der Waals surface area contributed by atoms with E-state index in [1.807, 2.05) is 6.92 Å². The van der Waals surface area contributed by atoms with Gasteiger partial charge in [0.1, 0.15) is 11.5 Å². The lowest BCUT2D eigenvalue weighted by molar-refractivity contribution is -0.113. The first-order valence-corrected chi connectivity index (χ1v) is 9.72. The van der Waals surface area contributed by atoms with Gasteiger partial charge in [-0.25, -0.2) is 9.38 Å². The van der Waals surface area contributed by atoms with Crippen molar-refractivity contribution < 1.29 is 9.18 Å². The molecule has 2 aromatic carbocycles. The van der Waals surface area contributed by atoms with Crippen LogP contribution < -0.4 is 4.90 Å². The van der Waals surface area contributed by atoms with Crippen LogP contribution in [0.4, 0.5) is 10.1 Å². The topological polar surface area (TPSA) is 32.7 Å². The number of hydrogen-bond acceptors (Lipinski definition) is 3. The molecule has 0 N–H and O–H groups in total. The molecule has 0 saturated carbocycles. The highest BCUT2D eigenvalue weighted by Gasteiger charge is 2.33. The van der Waals surface area contributed by atoms with Crippen molar-refractivity contribution in [1.29, 1.82) is 0 Å². The minimum Gasteiger partial charge on any atom is -0.266 e. The van der Waals surface area contributed by atoms with Gasteiger partial charge in [-0.15, -0.1) is 0 Å². The zero-order valence-corrected chi connectivity index (χ0v) is 16.7. The van der Waals surface area contributed by atoms with Crippen LogP contribution in [-0.4, -0.2) is 16.8 Å². The number of amidine groups is 1. The SMILES string of the molecule is C=C(C)CSC1=N/C(=C\c2ccc(Cl)c(Cl)c2)C(=O)N1c1ccccc1F. The number of aliphatic imine (C=N–C) groups is 1. The first kappa shape index (κ1) is 19.7. The summed E-state index contributed by atoms with van der Waals surface area (Å²) >= 11 is 13.3. The highest BCUT2D eigenvalue weighted by molar-refractivity contribution is 8.14. The number of anilines is 1. The summed E-state index contributed by atoms with van der Waals surface area (Å²) < 4.78 is 14.3. The Balaban J connectivity index is 2.02. The molecule has 0 saturated heterocycles. The largest absolute Gasteiger partial charge is 0.283 e. The van der Waals surface area contributed by atoms with Gasteiger partial charge in [-0.3, -0.25) is 9.69 Å². The fourth-order valence-corrected chi connectivity index (χ4v) is 3.54. The lowest BCUT2D eigenvalue weighted by Gasteiger charge is -2.18. The highest BCUT2D eigenvalue weighted by atomic mass is 35.5. The second kappa shape index (κ2) is 8.30. The molecule has 138 valence electrons. The number of thioether (sulfide) groups is 1. The van der Waals surface area contributed by atoms with E-state index >= 15 is 0 Å². The van der Waals surface area contributed by atoms with E-state index in [1.54, 1.807) is 42.5 Å². The standard InChI is InChI=1S/C20H15Cl2FN2OS/c1-12(2)11-27-20-24-17(10-13-7-8-14(21)15(22)9-13)19(26)25(20)18-6-4-3-5-16(18)23/h3-10H,1,11H2,2H3/b17-10-. The average molecular weight is 421 g/mol. The molecule has 1 amide bonds. The molecule has 3 nitrogen and oxygen atoms in total. The van der Waals surface area contributed by atoms with E-state index in [2.05, 4.69) is 11.6 Å². The third kappa shape index (κ3) is 4.43. The number of hydrogen-bond donors (Lipinski definition) is 0. The van der Waals surface area contributed by atoms with Gasteiger partial charge in [-0.1, -0.05) is 65.3 Å². The Labute approximate surface area is 171 Å². The van der Waals surface area contributed by atoms with Crippen LogP contribution in [0.25, 0.3) is 6.08 Å². The first-order chi connectivity index (χ1) is 12.9. The Morgan fingerprint density at radius 1 is 1.26 bits per heavy atom. The second-order valence-electron chi connectivity index (χ2n) is 5.94. The quantitative estimate of drug-likeness (QED) is 0.436. The second-order valence-corrected chi connectivity index (χ2v) is 7.69. The van der Waals surface area contributed by atoms with Gasteiger partial charge in [0.15, 0.2) is 5.17 Å². The zero-order valence-electron chi connectivity index (χ0n) is 14.4. The fraction of sp³-hybridized carbons (Fsp3) is 0.100. The summed E-state index contributed by atoms with van der Waals surface area (Å²) in [4.78, 5) is 18.7. The van der Waals surface area contributed by atoms with Crippen molar-refractivity contribution in [2.75, 3.05) is 10.7 Å². The van der Waals surface area contributed by atoms with Crippen LogP contribution in [0.1, 0.15) is 12.5 Å². The van der Waals surface area contributed by atoms with Crippen molar-refractivity contribution >= 4 is 57.8 Å². The van der Waals surface area contributed by atoms with E-state index < -0.39 is 11.7 Å². The number of nitrogens with zero attached hydrogens (tertiary/aromatic N) is 2. The van der Waals surface area contributed by atoms with Crippen LogP contribution in [0.5, 0.6) is 0 Å². The molecular formula is C20H15Cl2FN2OS. The predicted molar refractivity (Wildman–Crippen MR) is 113 cm³/mol. The monoisotopic (exact) mass is 420 g/mol. The van der Waals surface area contributed by atoms with Crippen LogP contribution in [0.15, 0.2) is 65.3 Å². The summed E-state index contributed by atoms with van der Waals surface area (Å²) in [6, 6.07) is 11.1. The summed E-state index contributed by atoms with van der Waals surface area (Å²) in [7, 11) is 0. The lowest BCUT2D eigenvalue weighted by Crippen LogP contribution is -2.31. The summed E-state index contributed by atoms with van der Waals surface area (Å²) in [6.07, 6.45) is 1.60. The van der Waals surface area contributed by atoms with Gasteiger partial charge >= 0.3 is 0 Å². The van der Waals surface area contributed by atoms with Gasteiger partial charge in [0.05, 0.1) is 15.7 Å². The Morgan fingerprint density at radius 2 is 2.00 bits per heavy atom. The molecule has 2 aromatic rings. The molecule has 1 heterocycles. The van der Waals surface area contributed by atoms with Gasteiger partial charge < -0.3 is 0 Å². The van der Waals surface area contributed by atoms with Crippen molar-refractivity contribution in [3.05, 3.63) is 81.7 Å². The van der Waals surface area contributed by atoms with Crippen molar-refractivity contribution in [2.24, 2.45) is 4.99 Å². The van der Waals surface area contributed by atoms with Gasteiger partial charge in [-0.05, 0) is 42.8 Å². The highest BCUT2D eigenvalue weighted by Crippen LogP contribution is 2.32. The molecule has 3 rings (SSSR count). The lowest BCUT2D eigenvalue weighted by atomic mass is 10.2. The van der Waals surface area contributed by atoms with E-state index in [0.717, 1.165) is 5.57 Å². The van der Waals surface area contributed by atoms with Gasteiger partial charge in [0.25, 0.3) is 5.91 Å². The minimum atomic E-state index is -0.495. The number of carbonyl (C=O) groups excluding carboxylic acids is 1. The number of rotatable bonds is 4. The first-order valence-electron chi connectivity index (χ1n) is 7.98. The number of benzene rings is 2. The summed E-state index contributed by atoms with van der Waals surface area (Å²) in [5.74, 6) is -0.336. The molecule has 0 aromatic heterocycles. The van der Waals surface area contributed by atoms with E-state index in [-0.39, 0.29) is 11.4 Å². The third-order valence-electron chi connectivity index (χ3n) is 3.62. The number of carbonyl (C=O) groups is 1. The van der Waals surface area contributed by atoms with Gasteiger partial charge in [-0.2, -0.15) is 0 Å². The number of para-hydroxylation sites is 1. The fourth-order valence-electron chi connectivity index (χ4n) is 2.39. The van der Waals surface area contributed by atoms with Crippen LogP contribution in [0.3, 0.4) is 0 Å². The maximum Gasteiger partial charge on any atom is 0.283 e. The van der Waals surface area contributed by atoms with E-state index in [1.165, 1.54) is 22.7 Å². The number of amides is 1. The third-order valence-corrected chi connectivity index (χ3v) is 5.53. The summed E-state index contributed by atoms with van der Waals surface area (Å²) in [5, 5.41) is 1.20. The zero-order chi connectivity index (χ0) is 19.6. The Kier molecular flexibility index (Phi) is 6.05. The molecule has 0 radical (unpaired) electrons. The Morgan fingerprint density at radius 3 is 2.67 bits per heavy atom. The average Bonchev–Trinajstić information content (AvgIpc) is 2.92. The molecule has 27 heavy (non-hydrogen) atoms. The molecule has 7 heteroatoms. The molecular weight excluding hydrogens is 406 g/mol. The molecule has 1 aliphatic rings. The van der Waals surface area contributed by atoms with Crippen molar-refractivity contribution in [2.45, 2.75) is 6.92 Å². The molecule has 0 spiro atoms. The Hall–Kier alpha value is -2.08. The van der Waals surface area contributed by atoms with Crippen molar-refractivity contribution in [1.82, 2.24) is 0 Å². The minimum absolute atomic E-state index is 0.160. The van der Waals surface area contributed by atoms with Gasteiger partial charge in [0.2, 0.25) is 0 Å². The summed E-state index contributed by atoms with van der Waals surface area (Å²) in [5.41, 5.74) is 1.95. The molecule has 0 fully saturated rings. The van der Waals surface area contributed by atoms with Crippen LogP contribution in [0.2, 0.25) is 10.0 Å². The molecule has 0 atom stereocenters. The Bertz CT molecular complexity index is 988. The van der Waals surface area contributed by atoms with E-state index in [4.69, 9.17) is 23.2 Å². The van der Waals surface area contributed by atoms with Crippen molar-refractivity contribution in [3.8, 4) is 0 Å². The number of halogens is 3. The smallest absolute Gasteiger partial charge is 0.266 e. The van der Waals surface area contributed by atoms with Crippen LogP contribution >= 0.6 is 35.0 Å².